The fraction of sp³-hybridized carbons (Fsp3) is 0.476. The molecule has 0 unspecified atom stereocenters. The van der Waals surface area contributed by atoms with Crippen molar-refractivity contribution in [1.29, 1.82) is 0 Å². The standard InChI is InChI=1S/C21H30FN9O2/c1-12(17-16(22)10-25-21(28-17)33-4)20(32)31-8-6-5-7-14-9-15(18(23)29-30(3)24)13(2)27-19(14)26-11-31/h9-10,12H,5-8,11,24H2,1-4H3,(H2,23,29)(H,26,27)/t12-/m0/s1. The summed E-state index contributed by atoms with van der Waals surface area (Å²) < 4.78 is 19.3. The highest BCUT2D eigenvalue weighted by Gasteiger charge is 2.27. The molecule has 0 saturated carbocycles. The van der Waals surface area contributed by atoms with Crippen LogP contribution in [0.3, 0.4) is 0 Å². The van der Waals surface area contributed by atoms with Crippen molar-refractivity contribution >= 4 is 17.6 Å². The van der Waals surface area contributed by atoms with Gasteiger partial charge in [-0.3, -0.25) is 4.79 Å². The second-order valence-electron chi connectivity index (χ2n) is 7.89. The number of amidine groups is 1. The molecule has 2 aromatic heterocycles. The second-order valence-corrected chi connectivity index (χ2v) is 7.89. The van der Waals surface area contributed by atoms with Crippen LogP contribution in [0.2, 0.25) is 0 Å². The smallest absolute Gasteiger partial charge is 0.316 e. The third-order valence-corrected chi connectivity index (χ3v) is 5.42. The van der Waals surface area contributed by atoms with Gasteiger partial charge < -0.3 is 20.7 Å². The van der Waals surface area contributed by atoms with Crippen molar-refractivity contribution in [2.45, 2.75) is 39.0 Å². The predicted molar refractivity (Wildman–Crippen MR) is 122 cm³/mol. The van der Waals surface area contributed by atoms with E-state index in [0.717, 1.165) is 36.1 Å². The van der Waals surface area contributed by atoms with Crippen molar-refractivity contribution in [2.24, 2.45) is 16.7 Å². The van der Waals surface area contributed by atoms with Crippen LogP contribution in [-0.2, 0) is 11.2 Å². The van der Waals surface area contributed by atoms with Gasteiger partial charge in [-0.2, -0.15) is 4.98 Å². The molecule has 0 bridgehead atoms. The van der Waals surface area contributed by atoms with Gasteiger partial charge in [0.05, 0.1) is 37.3 Å². The number of rotatable bonds is 5. The SMILES string of the molecule is COc1ncc(F)c([C@H](C)C(=O)N2CCCCc3cc(/C(N)=N/N(C)N)c(C)nc3NC2)n1. The summed E-state index contributed by atoms with van der Waals surface area (Å²) in [5.74, 6) is 4.83. The van der Waals surface area contributed by atoms with Gasteiger partial charge in [-0.1, -0.05) is 0 Å². The first-order chi connectivity index (χ1) is 15.7. The van der Waals surface area contributed by atoms with E-state index < -0.39 is 11.7 Å². The van der Waals surface area contributed by atoms with Gasteiger partial charge in [0.1, 0.15) is 5.82 Å². The highest BCUT2D eigenvalue weighted by molar-refractivity contribution is 5.98. The van der Waals surface area contributed by atoms with E-state index in [0.29, 0.717) is 23.6 Å². The fourth-order valence-corrected chi connectivity index (χ4v) is 3.69. The van der Waals surface area contributed by atoms with E-state index in [1.807, 2.05) is 13.0 Å². The van der Waals surface area contributed by atoms with Crippen molar-refractivity contribution in [3.63, 3.8) is 0 Å². The molecule has 3 rings (SSSR count). The summed E-state index contributed by atoms with van der Waals surface area (Å²) in [7, 11) is 2.98. The molecule has 5 N–H and O–H groups in total. The number of anilines is 1. The number of fused-ring (bicyclic) bond motifs is 1. The molecule has 0 aliphatic carbocycles. The summed E-state index contributed by atoms with van der Waals surface area (Å²) in [5.41, 5.74) is 8.45. The number of halogens is 1. The van der Waals surface area contributed by atoms with Gasteiger partial charge in [-0.15, -0.1) is 5.10 Å². The Morgan fingerprint density at radius 1 is 1.39 bits per heavy atom. The Morgan fingerprint density at radius 2 is 2.15 bits per heavy atom. The highest BCUT2D eigenvalue weighted by Crippen LogP contribution is 2.24. The van der Waals surface area contributed by atoms with Crippen molar-refractivity contribution in [3.05, 3.63) is 40.6 Å². The van der Waals surface area contributed by atoms with Crippen molar-refractivity contribution in [3.8, 4) is 6.01 Å². The van der Waals surface area contributed by atoms with E-state index >= 15 is 0 Å². The first-order valence-electron chi connectivity index (χ1n) is 10.6. The molecule has 12 heteroatoms. The molecular formula is C21H30FN9O2. The lowest BCUT2D eigenvalue weighted by molar-refractivity contribution is -0.132. The van der Waals surface area contributed by atoms with Crippen LogP contribution < -0.4 is 21.6 Å². The lowest BCUT2D eigenvalue weighted by Gasteiger charge is -2.26. The van der Waals surface area contributed by atoms with Gasteiger partial charge in [-0.25, -0.2) is 25.3 Å². The van der Waals surface area contributed by atoms with Gasteiger partial charge in [0.15, 0.2) is 11.7 Å². The third kappa shape index (κ3) is 5.64. The van der Waals surface area contributed by atoms with Gasteiger partial charge in [-0.05, 0) is 44.7 Å². The van der Waals surface area contributed by atoms with Crippen LogP contribution in [0.25, 0.3) is 0 Å². The first kappa shape index (κ1) is 24.1. The molecule has 1 aliphatic rings. The van der Waals surface area contributed by atoms with Crippen LogP contribution >= 0.6 is 0 Å². The van der Waals surface area contributed by atoms with Gasteiger partial charge in [0.25, 0.3) is 0 Å². The minimum Gasteiger partial charge on any atom is -0.467 e. The van der Waals surface area contributed by atoms with E-state index in [1.54, 1.807) is 18.9 Å². The number of hydrogen-bond acceptors (Lipinski definition) is 9. The quantitative estimate of drug-likeness (QED) is 0.259. The van der Waals surface area contributed by atoms with Crippen LogP contribution in [0.5, 0.6) is 6.01 Å². The molecular weight excluding hydrogens is 429 g/mol. The molecule has 0 fully saturated rings. The minimum absolute atomic E-state index is 0.00497. The number of hydrazine groups is 1. The van der Waals surface area contributed by atoms with Crippen LogP contribution in [0.4, 0.5) is 10.2 Å². The van der Waals surface area contributed by atoms with E-state index in [-0.39, 0.29) is 30.1 Å². The lowest BCUT2D eigenvalue weighted by Crippen LogP contribution is -2.39. The summed E-state index contributed by atoms with van der Waals surface area (Å²) in [4.78, 5) is 27.3. The Labute approximate surface area is 192 Å². The number of hydrazone groups is 1. The molecule has 3 heterocycles. The van der Waals surface area contributed by atoms with Crippen molar-refractivity contribution in [1.82, 2.24) is 25.0 Å². The number of carbonyl (C=O) groups excluding carboxylic acids is 1. The molecule has 178 valence electrons. The molecule has 33 heavy (non-hydrogen) atoms. The number of carbonyl (C=O) groups is 1. The van der Waals surface area contributed by atoms with Gasteiger partial charge >= 0.3 is 6.01 Å². The highest BCUT2D eigenvalue weighted by atomic mass is 19.1. The van der Waals surface area contributed by atoms with Crippen LogP contribution in [0, 0.1) is 12.7 Å². The Bertz CT molecular complexity index is 1040. The van der Waals surface area contributed by atoms with Crippen LogP contribution in [-0.4, -0.2) is 64.1 Å². The zero-order chi connectivity index (χ0) is 24.1. The average Bonchev–Trinajstić information content (AvgIpc) is 2.87. The summed E-state index contributed by atoms with van der Waals surface area (Å²) in [6.45, 7) is 4.19. The number of nitrogens with two attached hydrogens (primary N) is 2. The number of pyridine rings is 1. The van der Waals surface area contributed by atoms with E-state index in [2.05, 4.69) is 25.4 Å². The number of ether oxygens (including phenoxy) is 1. The van der Waals surface area contributed by atoms with E-state index in [9.17, 15) is 9.18 Å². The van der Waals surface area contributed by atoms with E-state index in [1.165, 1.54) is 7.11 Å². The van der Waals surface area contributed by atoms with Crippen molar-refractivity contribution < 1.29 is 13.9 Å². The number of nitrogens with zero attached hydrogens (tertiary/aromatic N) is 6. The maximum atomic E-state index is 14.3. The molecule has 0 aromatic carbocycles. The Morgan fingerprint density at radius 3 is 2.85 bits per heavy atom. The minimum atomic E-state index is -0.801. The zero-order valence-electron chi connectivity index (χ0n) is 19.3. The summed E-state index contributed by atoms with van der Waals surface area (Å²) >= 11 is 0. The maximum Gasteiger partial charge on any atom is 0.316 e. The van der Waals surface area contributed by atoms with Crippen molar-refractivity contribution in [2.75, 3.05) is 32.7 Å². The molecule has 1 atom stereocenters. The molecule has 1 aliphatic heterocycles. The molecule has 0 spiro atoms. The van der Waals surface area contributed by atoms with Crippen LogP contribution in [0.1, 0.15) is 48.2 Å². The molecule has 2 aromatic rings. The second kappa shape index (κ2) is 10.4. The number of nitrogens with one attached hydrogen (secondary N) is 1. The predicted octanol–water partition coefficient (Wildman–Crippen LogP) is 1.09. The number of aryl methyl sites for hydroxylation is 2. The van der Waals surface area contributed by atoms with Gasteiger partial charge in [0.2, 0.25) is 5.91 Å². The van der Waals surface area contributed by atoms with Gasteiger partial charge in [0, 0.05) is 19.2 Å². The Hall–Kier alpha value is -3.54. The first-order valence-corrected chi connectivity index (χ1v) is 10.6. The summed E-state index contributed by atoms with van der Waals surface area (Å²) in [6.07, 6.45) is 3.37. The Balaban J connectivity index is 1.82. The number of amides is 1. The molecule has 1 amide bonds. The summed E-state index contributed by atoms with van der Waals surface area (Å²) in [5, 5.41) is 8.47. The molecule has 11 nitrogen and oxygen atoms in total. The maximum absolute atomic E-state index is 14.3. The van der Waals surface area contributed by atoms with E-state index in [4.69, 9.17) is 16.3 Å². The lowest BCUT2D eigenvalue weighted by atomic mass is 10.0. The third-order valence-electron chi connectivity index (χ3n) is 5.42. The monoisotopic (exact) mass is 459 g/mol. The molecule has 0 radical (unpaired) electrons. The number of methoxy groups -OCH3 is 1. The normalized spacial score (nSPS) is 15.5. The zero-order valence-corrected chi connectivity index (χ0v) is 19.3. The fourth-order valence-electron chi connectivity index (χ4n) is 3.69. The topological polar surface area (TPSA) is 148 Å². The molecule has 0 saturated heterocycles. The number of aromatic nitrogens is 3. The van der Waals surface area contributed by atoms with Crippen LogP contribution in [0.15, 0.2) is 17.4 Å². The average molecular weight is 460 g/mol. The number of hydrogen-bond donors (Lipinski definition) is 3. The Kier molecular flexibility index (Phi) is 7.59. The largest absolute Gasteiger partial charge is 0.467 e. The summed E-state index contributed by atoms with van der Waals surface area (Å²) in [6, 6.07) is 1.97.